The molecular formula is C10H19NO2. The van der Waals surface area contributed by atoms with Crippen molar-refractivity contribution in [2.45, 2.75) is 25.3 Å². The first-order valence-corrected chi connectivity index (χ1v) is 5.20. The van der Waals surface area contributed by atoms with Crippen molar-refractivity contribution < 1.29 is 9.84 Å². The van der Waals surface area contributed by atoms with Crippen molar-refractivity contribution in [3.63, 3.8) is 0 Å². The first kappa shape index (κ1) is 9.44. The number of aliphatic hydroxyl groups excluding tert-OH is 1. The number of ether oxygens (including phenoxy) is 1. The number of aliphatic hydroxyl groups is 1. The fourth-order valence-electron chi connectivity index (χ4n) is 2.09. The molecule has 13 heavy (non-hydrogen) atoms. The Morgan fingerprint density at radius 1 is 1.54 bits per heavy atom. The molecule has 0 radical (unpaired) electrons. The zero-order valence-corrected chi connectivity index (χ0v) is 8.33. The van der Waals surface area contributed by atoms with Gasteiger partial charge in [0.15, 0.2) is 0 Å². The fraction of sp³-hybridized carbons (Fsp3) is 1.00. The Morgan fingerprint density at radius 2 is 2.31 bits per heavy atom. The molecule has 1 N–H and O–H groups in total. The first-order valence-electron chi connectivity index (χ1n) is 5.20. The summed E-state index contributed by atoms with van der Waals surface area (Å²) < 4.78 is 5.49. The van der Waals surface area contributed by atoms with Gasteiger partial charge in [0.05, 0.1) is 13.2 Å². The third-order valence-electron chi connectivity index (χ3n) is 3.22. The van der Waals surface area contributed by atoms with Crippen LogP contribution in [0.3, 0.4) is 0 Å². The number of hydrogen-bond donors (Lipinski definition) is 1. The maximum Gasteiger partial charge on any atom is 0.0651 e. The van der Waals surface area contributed by atoms with Crippen LogP contribution in [0.5, 0.6) is 0 Å². The van der Waals surface area contributed by atoms with Crippen molar-refractivity contribution in [1.29, 1.82) is 0 Å². The van der Waals surface area contributed by atoms with Gasteiger partial charge in [-0.15, -0.1) is 0 Å². The molecule has 3 nitrogen and oxygen atoms in total. The zero-order chi connectivity index (χ0) is 9.31. The molecule has 0 bridgehead atoms. The van der Waals surface area contributed by atoms with Gasteiger partial charge in [0.25, 0.3) is 0 Å². The number of hydrogen-bond acceptors (Lipinski definition) is 3. The van der Waals surface area contributed by atoms with Gasteiger partial charge in [-0.05, 0) is 18.8 Å². The van der Waals surface area contributed by atoms with Crippen LogP contribution in [0.15, 0.2) is 0 Å². The van der Waals surface area contributed by atoms with Gasteiger partial charge in [-0.3, -0.25) is 4.90 Å². The lowest BCUT2D eigenvalue weighted by Crippen LogP contribution is -2.49. The monoisotopic (exact) mass is 185 g/mol. The van der Waals surface area contributed by atoms with E-state index in [0.717, 1.165) is 26.3 Å². The van der Waals surface area contributed by atoms with E-state index in [9.17, 15) is 0 Å². The Hall–Kier alpha value is -0.120. The summed E-state index contributed by atoms with van der Waals surface area (Å²) in [4.78, 5) is 2.51. The van der Waals surface area contributed by atoms with Crippen LogP contribution in [0.1, 0.15) is 19.8 Å². The summed E-state index contributed by atoms with van der Waals surface area (Å²) in [6.45, 7) is 6.24. The standard InChI is InChI=1S/C10H19NO2/c1-9(7-12)6-11-4-5-13-8-10(11)2-3-10/h9,12H,2-8H2,1H3. The molecule has 0 aromatic rings. The normalized spacial score (nSPS) is 29.1. The minimum Gasteiger partial charge on any atom is -0.396 e. The second-order valence-electron chi connectivity index (χ2n) is 4.51. The molecule has 1 atom stereocenters. The predicted molar refractivity (Wildman–Crippen MR) is 50.6 cm³/mol. The SMILES string of the molecule is CC(CO)CN1CCOCC12CC2. The molecule has 1 saturated carbocycles. The Labute approximate surface area is 79.7 Å². The quantitative estimate of drug-likeness (QED) is 0.694. The van der Waals surface area contributed by atoms with E-state index in [-0.39, 0.29) is 0 Å². The summed E-state index contributed by atoms with van der Waals surface area (Å²) in [5.41, 5.74) is 0.377. The molecular weight excluding hydrogens is 166 g/mol. The maximum absolute atomic E-state index is 9.00. The Kier molecular flexibility index (Phi) is 2.58. The van der Waals surface area contributed by atoms with Gasteiger partial charge in [-0.1, -0.05) is 6.92 Å². The van der Waals surface area contributed by atoms with Crippen LogP contribution in [0.25, 0.3) is 0 Å². The molecule has 1 unspecified atom stereocenters. The van der Waals surface area contributed by atoms with Crippen LogP contribution in [0.2, 0.25) is 0 Å². The van der Waals surface area contributed by atoms with Crippen LogP contribution < -0.4 is 0 Å². The third-order valence-corrected chi connectivity index (χ3v) is 3.22. The van der Waals surface area contributed by atoms with Gasteiger partial charge < -0.3 is 9.84 Å². The van der Waals surface area contributed by atoms with Crippen LogP contribution >= 0.6 is 0 Å². The Morgan fingerprint density at radius 3 is 2.92 bits per heavy atom. The summed E-state index contributed by atoms with van der Waals surface area (Å²) >= 11 is 0. The second-order valence-corrected chi connectivity index (χ2v) is 4.51. The molecule has 0 amide bonds. The van der Waals surface area contributed by atoms with E-state index < -0.39 is 0 Å². The minimum atomic E-state index is 0.299. The van der Waals surface area contributed by atoms with Crippen LogP contribution in [-0.2, 0) is 4.74 Å². The lowest BCUT2D eigenvalue weighted by Gasteiger charge is -2.37. The van der Waals surface area contributed by atoms with Crippen molar-refractivity contribution in [2.75, 3.05) is 32.9 Å². The summed E-state index contributed by atoms with van der Waals surface area (Å²) in [6.07, 6.45) is 2.57. The predicted octanol–water partition coefficient (Wildman–Crippen LogP) is 0.480. The van der Waals surface area contributed by atoms with Gasteiger partial charge in [-0.2, -0.15) is 0 Å². The van der Waals surface area contributed by atoms with Gasteiger partial charge >= 0.3 is 0 Å². The van der Waals surface area contributed by atoms with Gasteiger partial charge in [-0.25, -0.2) is 0 Å². The van der Waals surface area contributed by atoms with E-state index in [0.29, 0.717) is 18.1 Å². The van der Waals surface area contributed by atoms with Crippen molar-refractivity contribution in [1.82, 2.24) is 4.90 Å². The van der Waals surface area contributed by atoms with E-state index in [2.05, 4.69) is 11.8 Å². The summed E-state index contributed by atoms with van der Waals surface area (Å²) in [5.74, 6) is 0.399. The highest BCUT2D eigenvalue weighted by molar-refractivity contribution is 5.05. The highest BCUT2D eigenvalue weighted by Crippen LogP contribution is 2.43. The molecule has 3 heteroatoms. The van der Waals surface area contributed by atoms with Crippen molar-refractivity contribution in [2.24, 2.45) is 5.92 Å². The van der Waals surface area contributed by atoms with E-state index in [1.807, 2.05) is 0 Å². The van der Waals surface area contributed by atoms with E-state index in [4.69, 9.17) is 9.84 Å². The average molecular weight is 185 g/mol. The summed E-state index contributed by atoms with van der Waals surface area (Å²) in [6, 6.07) is 0. The third kappa shape index (κ3) is 1.87. The zero-order valence-electron chi connectivity index (χ0n) is 8.33. The highest BCUT2D eigenvalue weighted by Gasteiger charge is 2.49. The molecule has 1 aliphatic heterocycles. The van der Waals surface area contributed by atoms with Crippen LogP contribution in [0.4, 0.5) is 0 Å². The van der Waals surface area contributed by atoms with E-state index in [1.54, 1.807) is 0 Å². The van der Waals surface area contributed by atoms with Gasteiger partial charge in [0.1, 0.15) is 0 Å². The fourth-order valence-corrected chi connectivity index (χ4v) is 2.09. The lowest BCUT2D eigenvalue weighted by molar-refractivity contribution is -0.0290. The topological polar surface area (TPSA) is 32.7 Å². The molecule has 76 valence electrons. The summed E-state index contributed by atoms with van der Waals surface area (Å²) in [7, 11) is 0. The molecule has 1 saturated heterocycles. The lowest BCUT2D eigenvalue weighted by atomic mass is 10.1. The van der Waals surface area contributed by atoms with E-state index >= 15 is 0 Å². The first-order chi connectivity index (χ1) is 6.27. The average Bonchev–Trinajstić information content (AvgIpc) is 2.90. The number of nitrogens with zero attached hydrogens (tertiary/aromatic N) is 1. The Balaban J connectivity index is 1.89. The molecule has 1 heterocycles. The maximum atomic E-state index is 9.00. The molecule has 0 aromatic heterocycles. The van der Waals surface area contributed by atoms with Gasteiger partial charge in [0, 0.05) is 25.2 Å². The van der Waals surface area contributed by atoms with Crippen LogP contribution in [-0.4, -0.2) is 48.5 Å². The van der Waals surface area contributed by atoms with Crippen LogP contribution in [0, 0.1) is 5.92 Å². The minimum absolute atomic E-state index is 0.299. The van der Waals surface area contributed by atoms with Crippen molar-refractivity contribution in [3.05, 3.63) is 0 Å². The summed E-state index contributed by atoms with van der Waals surface area (Å²) in [5, 5.41) is 9.00. The number of morpholine rings is 1. The molecule has 2 fully saturated rings. The molecule has 0 aromatic carbocycles. The smallest absolute Gasteiger partial charge is 0.0651 e. The second kappa shape index (κ2) is 3.56. The molecule has 2 rings (SSSR count). The molecule has 1 aliphatic carbocycles. The Bertz CT molecular complexity index is 180. The molecule has 1 spiro atoms. The largest absolute Gasteiger partial charge is 0.396 e. The highest BCUT2D eigenvalue weighted by atomic mass is 16.5. The van der Waals surface area contributed by atoms with Crippen molar-refractivity contribution >= 4 is 0 Å². The molecule has 2 aliphatic rings. The number of rotatable bonds is 3. The van der Waals surface area contributed by atoms with Crippen molar-refractivity contribution in [3.8, 4) is 0 Å². The van der Waals surface area contributed by atoms with Gasteiger partial charge in [0.2, 0.25) is 0 Å². The van der Waals surface area contributed by atoms with E-state index in [1.165, 1.54) is 12.8 Å².